The number of likely N-dealkylation sites (tertiary alicyclic amines) is 1. The molecule has 1 unspecified atom stereocenters. The molecule has 2 heterocycles. The Morgan fingerprint density at radius 2 is 2.39 bits per heavy atom. The number of nitrogens with one attached hydrogen (secondary N) is 1. The van der Waals surface area contributed by atoms with Gasteiger partial charge in [-0.3, -0.25) is 4.79 Å². The van der Waals surface area contributed by atoms with Crippen LogP contribution in [0.4, 0.5) is 0 Å². The highest BCUT2D eigenvalue weighted by atomic mass is 32.1. The molecular weight excluding hydrogens is 248 g/mol. The average molecular weight is 268 g/mol. The molecule has 18 heavy (non-hydrogen) atoms. The number of carbonyl (C=O) groups excluding carboxylic acids is 1. The SMILES string of the molecule is CNC1CCCN(C(=O)c2sc(C)cc2OC)C1. The van der Waals surface area contributed by atoms with Gasteiger partial charge in [-0.25, -0.2) is 0 Å². The summed E-state index contributed by atoms with van der Waals surface area (Å²) in [5, 5.41) is 3.25. The quantitative estimate of drug-likeness (QED) is 0.910. The first kappa shape index (κ1) is 13.4. The average Bonchev–Trinajstić information content (AvgIpc) is 2.79. The maximum absolute atomic E-state index is 12.5. The van der Waals surface area contributed by atoms with E-state index in [1.54, 1.807) is 7.11 Å². The van der Waals surface area contributed by atoms with Crippen LogP contribution in [-0.2, 0) is 0 Å². The number of methoxy groups -OCH3 is 1. The first-order valence-electron chi connectivity index (χ1n) is 6.26. The van der Waals surface area contributed by atoms with Crippen molar-refractivity contribution in [3.05, 3.63) is 15.8 Å². The second-order valence-corrected chi connectivity index (χ2v) is 5.89. The highest BCUT2D eigenvalue weighted by Crippen LogP contribution is 2.30. The van der Waals surface area contributed by atoms with E-state index in [9.17, 15) is 4.79 Å². The van der Waals surface area contributed by atoms with E-state index in [2.05, 4.69) is 5.32 Å². The number of hydrogen-bond donors (Lipinski definition) is 1. The lowest BCUT2D eigenvalue weighted by molar-refractivity contribution is 0.0700. The maximum atomic E-state index is 12.5. The Kier molecular flexibility index (Phi) is 4.24. The molecule has 1 aliphatic rings. The van der Waals surface area contributed by atoms with Gasteiger partial charge in [-0.15, -0.1) is 11.3 Å². The molecule has 0 aliphatic carbocycles. The van der Waals surface area contributed by atoms with Gasteiger partial charge in [0, 0.05) is 24.0 Å². The second kappa shape index (κ2) is 5.71. The minimum absolute atomic E-state index is 0.102. The van der Waals surface area contributed by atoms with E-state index in [-0.39, 0.29) is 5.91 Å². The van der Waals surface area contributed by atoms with Gasteiger partial charge >= 0.3 is 0 Å². The van der Waals surface area contributed by atoms with Crippen molar-refractivity contribution in [2.75, 3.05) is 27.2 Å². The maximum Gasteiger partial charge on any atom is 0.267 e. The number of thiophene rings is 1. The van der Waals surface area contributed by atoms with E-state index in [0.29, 0.717) is 11.8 Å². The summed E-state index contributed by atoms with van der Waals surface area (Å²) >= 11 is 1.51. The van der Waals surface area contributed by atoms with Crippen molar-refractivity contribution in [1.29, 1.82) is 0 Å². The molecule has 1 atom stereocenters. The van der Waals surface area contributed by atoms with Gasteiger partial charge in [0.05, 0.1) is 7.11 Å². The summed E-state index contributed by atoms with van der Waals surface area (Å²) in [6.45, 7) is 3.63. The standard InChI is InChI=1S/C13H20N2O2S/c1-9-7-11(17-3)12(18-9)13(16)15-6-4-5-10(8-15)14-2/h7,10,14H,4-6,8H2,1-3H3. The predicted molar refractivity (Wildman–Crippen MR) is 73.6 cm³/mol. The lowest BCUT2D eigenvalue weighted by Gasteiger charge is -2.32. The molecule has 1 aliphatic heterocycles. The van der Waals surface area contributed by atoms with Crippen molar-refractivity contribution in [2.24, 2.45) is 0 Å². The lowest BCUT2D eigenvalue weighted by Crippen LogP contribution is -2.46. The third kappa shape index (κ3) is 2.67. The predicted octanol–water partition coefficient (Wildman–Crippen LogP) is 1.89. The summed E-state index contributed by atoms with van der Waals surface area (Å²) in [7, 11) is 3.57. The summed E-state index contributed by atoms with van der Waals surface area (Å²) in [5.74, 6) is 0.805. The van der Waals surface area contributed by atoms with Gasteiger partial charge in [0.15, 0.2) is 0 Å². The van der Waals surface area contributed by atoms with Gasteiger partial charge in [0.25, 0.3) is 5.91 Å². The molecule has 1 fully saturated rings. The summed E-state index contributed by atoms with van der Waals surface area (Å²) in [5.41, 5.74) is 0. The topological polar surface area (TPSA) is 41.6 Å². The zero-order valence-corrected chi connectivity index (χ0v) is 12.0. The van der Waals surface area contributed by atoms with Crippen molar-refractivity contribution in [2.45, 2.75) is 25.8 Å². The zero-order chi connectivity index (χ0) is 13.1. The van der Waals surface area contributed by atoms with E-state index in [1.165, 1.54) is 11.3 Å². The van der Waals surface area contributed by atoms with Crippen molar-refractivity contribution >= 4 is 17.2 Å². The fourth-order valence-corrected chi connectivity index (χ4v) is 3.28. The largest absolute Gasteiger partial charge is 0.495 e. The molecule has 1 amide bonds. The molecule has 0 saturated carbocycles. The molecule has 1 N–H and O–H groups in total. The minimum atomic E-state index is 0.102. The molecule has 5 heteroatoms. The number of nitrogens with zero attached hydrogens (tertiary/aromatic N) is 1. The molecule has 1 aromatic heterocycles. The smallest absolute Gasteiger partial charge is 0.267 e. The van der Waals surface area contributed by atoms with E-state index < -0.39 is 0 Å². The Morgan fingerprint density at radius 3 is 3.06 bits per heavy atom. The molecule has 0 radical (unpaired) electrons. The van der Waals surface area contributed by atoms with Crippen LogP contribution in [0.3, 0.4) is 0 Å². The number of carbonyl (C=O) groups is 1. The van der Waals surface area contributed by atoms with Gasteiger partial charge in [-0.05, 0) is 32.9 Å². The normalized spacial score (nSPS) is 19.9. The summed E-state index contributed by atoms with van der Waals surface area (Å²) in [6, 6.07) is 2.34. The van der Waals surface area contributed by atoms with Gasteiger partial charge in [0.1, 0.15) is 10.6 Å². The molecule has 100 valence electrons. The van der Waals surface area contributed by atoms with Gasteiger partial charge in [-0.1, -0.05) is 0 Å². The Balaban J connectivity index is 2.14. The number of hydrogen-bond acceptors (Lipinski definition) is 4. The van der Waals surface area contributed by atoms with E-state index in [4.69, 9.17) is 4.74 Å². The highest BCUT2D eigenvalue weighted by Gasteiger charge is 2.26. The first-order chi connectivity index (χ1) is 8.65. The van der Waals surface area contributed by atoms with Gasteiger partial charge in [0.2, 0.25) is 0 Å². The summed E-state index contributed by atoms with van der Waals surface area (Å²) in [6.07, 6.45) is 2.20. The number of piperidine rings is 1. The fraction of sp³-hybridized carbons (Fsp3) is 0.615. The van der Waals surface area contributed by atoms with Crippen molar-refractivity contribution < 1.29 is 9.53 Å². The molecule has 2 rings (SSSR count). The minimum Gasteiger partial charge on any atom is -0.495 e. The second-order valence-electron chi connectivity index (χ2n) is 4.63. The van der Waals surface area contributed by atoms with Crippen LogP contribution in [0.15, 0.2) is 6.07 Å². The third-order valence-electron chi connectivity index (χ3n) is 3.35. The molecular formula is C13H20N2O2S. The Labute approximate surface area is 112 Å². The van der Waals surface area contributed by atoms with Crippen molar-refractivity contribution in [3.8, 4) is 5.75 Å². The lowest BCUT2D eigenvalue weighted by atomic mass is 10.1. The van der Waals surface area contributed by atoms with Crippen LogP contribution in [0.2, 0.25) is 0 Å². The van der Waals surface area contributed by atoms with Crippen LogP contribution in [0, 0.1) is 6.92 Å². The molecule has 0 aromatic carbocycles. The fourth-order valence-electron chi connectivity index (χ4n) is 2.33. The van der Waals surface area contributed by atoms with Crippen LogP contribution < -0.4 is 10.1 Å². The summed E-state index contributed by atoms with van der Waals surface area (Å²) < 4.78 is 5.28. The van der Waals surface area contributed by atoms with Gasteiger partial charge < -0.3 is 15.0 Å². The molecule has 1 aromatic rings. The molecule has 0 spiro atoms. The number of amides is 1. The van der Waals surface area contributed by atoms with E-state index >= 15 is 0 Å². The van der Waals surface area contributed by atoms with Crippen LogP contribution >= 0.6 is 11.3 Å². The van der Waals surface area contributed by atoms with Gasteiger partial charge in [-0.2, -0.15) is 0 Å². The van der Waals surface area contributed by atoms with Crippen LogP contribution in [-0.4, -0.2) is 44.1 Å². The highest BCUT2D eigenvalue weighted by molar-refractivity contribution is 7.14. The van der Waals surface area contributed by atoms with Crippen molar-refractivity contribution in [3.63, 3.8) is 0 Å². The molecule has 4 nitrogen and oxygen atoms in total. The van der Waals surface area contributed by atoms with Crippen LogP contribution in [0.25, 0.3) is 0 Å². The third-order valence-corrected chi connectivity index (χ3v) is 4.37. The number of ether oxygens (including phenoxy) is 1. The Hall–Kier alpha value is -1.07. The van der Waals surface area contributed by atoms with Crippen molar-refractivity contribution in [1.82, 2.24) is 10.2 Å². The van der Waals surface area contributed by atoms with E-state index in [0.717, 1.165) is 35.7 Å². The van der Waals surface area contributed by atoms with E-state index in [1.807, 2.05) is 24.9 Å². The molecule has 0 bridgehead atoms. The number of likely N-dealkylation sites (N-methyl/N-ethyl adjacent to an activating group) is 1. The first-order valence-corrected chi connectivity index (χ1v) is 7.08. The number of aryl methyl sites for hydroxylation is 1. The number of rotatable bonds is 3. The molecule has 1 saturated heterocycles. The van der Waals surface area contributed by atoms with Crippen LogP contribution in [0.5, 0.6) is 5.75 Å². The zero-order valence-electron chi connectivity index (χ0n) is 11.2. The summed E-state index contributed by atoms with van der Waals surface area (Å²) in [4.78, 5) is 16.2. The monoisotopic (exact) mass is 268 g/mol. The van der Waals surface area contributed by atoms with Crippen LogP contribution in [0.1, 0.15) is 27.4 Å². The Bertz CT molecular complexity index is 431. The Morgan fingerprint density at radius 1 is 1.61 bits per heavy atom.